The van der Waals surface area contributed by atoms with Crippen molar-refractivity contribution >= 4 is 11.9 Å². The lowest BCUT2D eigenvalue weighted by Crippen LogP contribution is -2.45. The Kier molecular flexibility index (Phi) is 7.71. The Hall–Kier alpha value is -2.08. The van der Waals surface area contributed by atoms with E-state index in [0.29, 0.717) is 12.5 Å². The van der Waals surface area contributed by atoms with Gasteiger partial charge in [-0.2, -0.15) is 0 Å². The topological polar surface area (TPSA) is 60.0 Å². The van der Waals surface area contributed by atoms with Crippen LogP contribution in [0.3, 0.4) is 0 Å². The Bertz CT molecular complexity index is 675. The van der Waals surface area contributed by atoms with Gasteiger partial charge in [-0.15, -0.1) is 0 Å². The molecule has 2 aliphatic heterocycles. The Morgan fingerprint density at radius 1 is 1.21 bits per heavy atom. The monoisotopic (exact) mass is 385 g/mol. The van der Waals surface area contributed by atoms with E-state index in [2.05, 4.69) is 46.7 Å². The first-order valence-electron chi connectivity index (χ1n) is 10.8. The highest BCUT2D eigenvalue weighted by molar-refractivity contribution is 5.80. The van der Waals surface area contributed by atoms with Crippen LogP contribution in [0.4, 0.5) is 0 Å². The first-order chi connectivity index (χ1) is 13.7. The third-order valence-corrected chi connectivity index (χ3v) is 5.64. The fourth-order valence-corrected chi connectivity index (χ4v) is 4.07. The predicted octanol–water partition coefficient (Wildman–Crippen LogP) is 2.00. The molecule has 1 aromatic rings. The predicted molar refractivity (Wildman–Crippen MR) is 114 cm³/mol. The highest BCUT2D eigenvalue weighted by Gasteiger charge is 2.25. The summed E-state index contributed by atoms with van der Waals surface area (Å²) in [4.78, 5) is 21.1. The van der Waals surface area contributed by atoms with Crippen LogP contribution in [0.15, 0.2) is 29.3 Å². The molecule has 6 heteroatoms. The van der Waals surface area contributed by atoms with Crippen molar-refractivity contribution in [2.45, 2.75) is 52.1 Å². The zero-order valence-corrected chi connectivity index (χ0v) is 17.4. The van der Waals surface area contributed by atoms with Gasteiger partial charge in [0.15, 0.2) is 5.96 Å². The van der Waals surface area contributed by atoms with Gasteiger partial charge in [-0.05, 0) is 37.3 Å². The average Bonchev–Trinajstić information content (AvgIpc) is 3.19. The molecule has 1 aromatic carbocycles. The van der Waals surface area contributed by atoms with Crippen LogP contribution < -0.4 is 10.6 Å². The Labute approximate surface area is 169 Å². The van der Waals surface area contributed by atoms with Gasteiger partial charge in [0.1, 0.15) is 0 Å². The van der Waals surface area contributed by atoms with Gasteiger partial charge in [0, 0.05) is 58.3 Å². The van der Waals surface area contributed by atoms with Gasteiger partial charge in [-0.25, -0.2) is 0 Å². The first-order valence-corrected chi connectivity index (χ1v) is 10.8. The Morgan fingerprint density at radius 2 is 2.04 bits per heavy atom. The van der Waals surface area contributed by atoms with Crippen molar-refractivity contribution in [3.63, 3.8) is 0 Å². The number of benzene rings is 1. The van der Waals surface area contributed by atoms with Crippen molar-refractivity contribution in [2.75, 3.05) is 39.3 Å². The standard InChI is InChI=1S/C22H35N5O/c1-3-21(28)27-15-11-20(17-27)25-22(23-4-2)24-12-7-13-26-14-10-18-8-5-6-9-19(18)16-26/h5-6,8-9,20H,3-4,7,10-17H2,1-2H3,(H2,23,24,25). The molecule has 0 radical (unpaired) electrons. The molecule has 1 fully saturated rings. The van der Waals surface area contributed by atoms with Gasteiger partial charge in [0.2, 0.25) is 5.91 Å². The first kappa shape index (κ1) is 20.6. The number of fused-ring (bicyclic) bond motifs is 1. The number of carbonyl (C=O) groups is 1. The molecule has 2 heterocycles. The minimum Gasteiger partial charge on any atom is -0.357 e. The summed E-state index contributed by atoms with van der Waals surface area (Å²) in [5, 5.41) is 6.85. The highest BCUT2D eigenvalue weighted by atomic mass is 16.2. The molecular formula is C22H35N5O. The molecule has 6 nitrogen and oxygen atoms in total. The van der Waals surface area contributed by atoms with E-state index in [-0.39, 0.29) is 5.91 Å². The molecule has 154 valence electrons. The third kappa shape index (κ3) is 5.71. The second-order valence-electron chi connectivity index (χ2n) is 7.73. The average molecular weight is 386 g/mol. The quantitative estimate of drug-likeness (QED) is 0.428. The van der Waals surface area contributed by atoms with Gasteiger partial charge in [-0.3, -0.25) is 14.7 Å². The summed E-state index contributed by atoms with van der Waals surface area (Å²) < 4.78 is 0. The summed E-state index contributed by atoms with van der Waals surface area (Å²) >= 11 is 0. The molecule has 0 saturated carbocycles. The summed E-state index contributed by atoms with van der Waals surface area (Å²) in [6, 6.07) is 9.08. The number of amides is 1. The van der Waals surface area contributed by atoms with Crippen molar-refractivity contribution in [1.29, 1.82) is 0 Å². The van der Waals surface area contributed by atoms with Crippen LogP contribution in [-0.2, 0) is 17.8 Å². The molecule has 28 heavy (non-hydrogen) atoms. The molecule has 1 amide bonds. The van der Waals surface area contributed by atoms with E-state index in [9.17, 15) is 4.79 Å². The van der Waals surface area contributed by atoms with Crippen molar-refractivity contribution < 1.29 is 4.79 Å². The number of nitrogens with one attached hydrogen (secondary N) is 2. The smallest absolute Gasteiger partial charge is 0.222 e. The van der Waals surface area contributed by atoms with Crippen molar-refractivity contribution in [3.8, 4) is 0 Å². The SMILES string of the molecule is CCNC(=NCCCN1CCc2ccccc2C1)NC1CCN(C(=O)CC)C1. The molecule has 0 spiro atoms. The van der Waals surface area contributed by atoms with Crippen LogP contribution in [0.25, 0.3) is 0 Å². The molecule has 2 aliphatic rings. The molecule has 0 bridgehead atoms. The Morgan fingerprint density at radius 3 is 2.82 bits per heavy atom. The van der Waals surface area contributed by atoms with E-state index < -0.39 is 0 Å². The number of hydrogen-bond acceptors (Lipinski definition) is 3. The van der Waals surface area contributed by atoms with Gasteiger partial charge in [0.25, 0.3) is 0 Å². The van der Waals surface area contributed by atoms with Crippen LogP contribution in [0.2, 0.25) is 0 Å². The summed E-state index contributed by atoms with van der Waals surface area (Å²) in [7, 11) is 0. The van der Waals surface area contributed by atoms with Crippen LogP contribution in [0, 0.1) is 0 Å². The maximum absolute atomic E-state index is 11.9. The molecule has 1 saturated heterocycles. The minimum atomic E-state index is 0.245. The van der Waals surface area contributed by atoms with E-state index in [1.54, 1.807) is 0 Å². The lowest BCUT2D eigenvalue weighted by Gasteiger charge is -2.28. The summed E-state index contributed by atoms with van der Waals surface area (Å²) in [5.74, 6) is 1.12. The maximum atomic E-state index is 11.9. The van der Waals surface area contributed by atoms with Crippen molar-refractivity contribution in [1.82, 2.24) is 20.4 Å². The lowest BCUT2D eigenvalue weighted by atomic mass is 10.00. The highest BCUT2D eigenvalue weighted by Crippen LogP contribution is 2.18. The van der Waals surface area contributed by atoms with Crippen LogP contribution in [0.5, 0.6) is 0 Å². The minimum absolute atomic E-state index is 0.245. The zero-order valence-electron chi connectivity index (χ0n) is 17.4. The van der Waals surface area contributed by atoms with Crippen LogP contribution >= 0.6 is 0 Å². The fraction of sp³-hybridized carbons (Fsp3) is 0.636. The number of hydrogen-bond donors (Lipinski definition) is 2. The fourth-order valence-electron chi connectivity index (χ4n) is 4.07. The van der Waals surface area contributed by atoms with Crippen LogP contribution in [0.1, 0.15) is 44.2 Å². The molecular weight excluding hydrogens is 350 g/mol. The number of likely N-dealkylation sites (tertiary alicyclic amines) is 1. The van der Waals surface area contributed by atoms with Crippen LogP contribution in [-0.4, -0.2) is 67.0 Å². The van der Waals surface area contributed by atoms with E-state index in [1.165, 1.54) is 11.1 Å². The molecule has 2 N–H and O–H groups in total. The largest absolute Gasteiger partial charge is 0.357 e. The maximum Gasteiger partial charge on any atom is 0.222 e. The summed E-state index contributed by atoms with van der Waals surface area (Å²) in [6.45, 7) is 10.6. The zero-order chi connectivity index (χ0) is 19.8. The van der Waals surface area contributed by atoms with Gasteiger partial charge in [-0.1, -0.05) is 31.2 Å². The van der Waals surface area contributed by atoms with Crippen molar-refractivity contribution in [3.05, 3.63) is 35.4 Å². The molecule has 3 rings (SSSR count). The van der Waals surface area contributed by atoms with Gasteiger partial charge < -0.3 is 15.5 Å². The molecule has 1 unspecified atom stereocenters. The number of aliphatic imine (C=N–C) groups is 1. The van der Waals surface area contributed by atoms with E-state index in [0.717, 1.165) is 71.0 Å². The van der Waals surface area contributed by atoms with Crippen molar-refractivity contribution in [2.24, 2.45) is 4.99 Å². The van der Waals surface area contributed by atoms with E-state index in [1.807, 2.05) is 11.8 Å². The number of carbonyl (C=O) groups excluding carboxylic acids is 1. The summed E-state index contributed by atoms with van der Waals surface area (Å²) in [5.41, 5.74) is 2.97. The second kappa shape index (κ2) is 10.5. The van der Waals surface area contributed by atoms with Gasteiger partial charge >= 0.3 is 0 Å². The number of rotatable bonds is 7. The number of nitrogens with zero attached hydrogens (tertiary/aromatic N) is 3. The Balaban J connectivity index is 1.42. The molecule has 0 aromatic heterocycles. The molecule has 1 atom stereocenters. The van der Waals surface area contributed by atoms with E-state index >= 15 is 0 Å². The normalized spacial score (nSPS) is 20.1. The number of guanidine groups is 1. The van der Waals surface area contributed by atoms with E-state index in [4.69, 9.17) is 4.99 Å². The third-order valence-electron chi connectivity index (χ3n) is 5.64. The summed E-state index contributed by atoms with van der Waals surface area (Å²) in [6.07, 6.45) is 3.79. The van der Waals surface area contributed by atoms with Gasteiger partial charge in [0.05, 0.1) is 0 Å². The second-order valence-corrected chi connectivity index (χ2v) is 7.73. The lowest BCUT2D eigenvalue weighted by molar-refractivity contribution is -0.129. The molecule has 0 aliphatic carbocycles.